The number of aryl methyl sites for hydroxylation is 2. The van der Waals surface area contributed by atoms with Crippen LogP contribution in [0.1, 0.15) is 23.6 Å². The van der Waals surface area contributed by atoms with E-state index in [1.54, 1.807) is 11.6 Å². The van der Waals surface area contributed by atoms with E-state index in [9.17, 15) is 17.6 Å². The summed E-state index contributed by atoms with van der Waals surface area (Å²) in [6, 6.07) is 3.37. The van der Waals surface area contributed by atoms with Gasteiger partial charge in [0.2, 0.25) is 0 Å². The molecule has 5 nitrogen and oxygen atoms in total. The first kappa shape index (κ1) is 16.7. The van der Waals surface area contributed by atoms with Crippen molar-refractivity contribution in [3.05, 3.63) is 41.2 Å². The van der Waals surface area contributed by atoms with E-state index < -0.39 is 17.9 Å². The van der Waals surface area contributed by atoms with Crippen LogP contribution in [-0.2, 0) is 19.5 Å². The van der Waals surface area contributed by atoms with Crippen LogP contribution in [0.15, 0.2) is 18.2 Å². The highest BCUT2D eigenvalue weighted by atomic mass is 19.4. The standard InChI is InChI=1S/C15H16F4N4O/c1-9-21-14-6-5-10(8-23(14)22-9)20-7-11-12(16)3-2-4-13(11)24-15(17,18)19/h2-4,10,20H,5-8H2,1H3. The third-order valence-corrected chi connectivity index (χ3v) is 3.83. The van der Waals surface area contributed by atoms with Gasteiger partial charge in [-0.25, -0.2) is 14.1 Å². The van der Waals surface area contributed by atoms with Crippen molar-refractivity contribution in [2.45, 2.75) is 45.3 Å². The number of halogens is 4. The molecule has 1 atom stereocenters. The summed E-state index contributed by atoms with van der Waals surface area (Å²) in [5.41, 5.74) is -0.143. The summed E-state index contributed by atoms with van der Waals surface area (Å²) in [6.45, 7) is 2.28. The van der Waals surface area contributed by atoms with Crippen molar-refractivity contribution in [1.29, 1.82) is 0 Å². The smallest absolute Gasteiger partial charge is 0.405 e. The maximum absolute atomic E-state index is 13.9. The molecule has 24 heavy (non-hydrogen) atoms. The maximum atomic E-state index is 13.9. The normalized spacial score (nSPS) is 17.6. The molecule has 1 N–H and O–H groups in total. The fourth-order valence-corrected chi connectivity index (χ4v) is 2.78. The monoisotopic (exact) mass is 344 g/mol. The number of nitrogens with zero attached hydrogens (tertiary/aromatic N) is 3. The van der Waals surface area contributed by atoms with Gasteiger partial charge in [0.15, 0.2) is 0 Å². The molecule has 0 radical (unpaired) electrons. The van der Waals surface area contributed by atoms with Gasteiger partial charge in [-0.2, -0.15) is 5.10 Å². The molecule has 1 unspecified atom stereocenters. The van der Waals surface area contributed by atoms with E-state index in [4.69, 9.17) is 0 Å². The van der Waals surface area contributed by atoms with Crippen LogP contribution in [-0.4, -0.2) is 27.2 Å². The van der Waals surface area contributed by atoms with Crippen molar-refractivity contribution in [2.75, 3.05) is 0 Å². The lowest BCUT2D eigenvalue weighted by Gasteiger charge is -2.24. The van der Waals surface area contributed by atoms with E-state index >= 15 is 0 Å². The van der Waals surface area contributed by atoms with E-state index in [1.165, 1.54) is 6.07 Å². The lowest BCUT2D eigenvalue weighted by molar-refractivity contribution is -0.275. The molecule has 0 bridgehead atoms. The molecule has 2 aromatic rings. The van der Waals surface area contributed by atoms with Gasteiger partial charge in [-0.05, 0) is 25.5 Å². The summed E-state index contributed by atoms with van der Waals surface area (Å²) in [6.07, 6.45) is -3.40. The van der Waals surface area contributed by atoms with Gasteiger partial charge in [-0.3, -0.25) is 0 Å². The molecule has 0 aliphatic carbocycles. The summed E-state index contributed by atoms with van der Waals surface area (Å²) in [5.74, 6) is 0.304. The molecular formula is C15H16F4N4O. The predicted molar refractivity (Wildman–Crippen MR) is 76.8 cm³/mol. The van der Waals surface area contributed by atoms with Crippen LogP contribution in [0.2, 0.25) is 0 Å². The first-order valence-corrected chi connectivity index (χ1v) is 7.48. The summed E-state index contributed by atoms with van der Waals surface area (Å²) >= 11 is 0. The third kappa shape index (κ3) is 3.84. The van der Waals surface area contributed by atoms with Gasteiger partial charge in [0.25, 0.3) is 0 Å². The molecule has 9 heteroatoms. The highest BCUT2D eigenvalue weighted by Crippen LogP contribution is 2.28. The zero-order chi connectivity index (χ0) is 17.3. The van der Waals surface area contributed by atoms with Crippen molar-refractivity contribution < 1.29 is 22.3 Å². The Hall–Kier alpha value is -2.16. The zero-order valence-corrected chi connectivity index (χ0v) is 12.9. The van der Waals surface area contributed by atoms with Gasteiger partial charge >= 0.3 is 6.36 Å². The first-order valence-electron chi connectivity index (χ1n) is 7.48. The fraction of sp³-hybridized carbons (Fsp3) is 0.467. The van der Waals surface area contributed by atoms with E-state index in [1.807, 2.05) is 0 Å². The number of alkyl halides is 3. The topological polar surface area (TPSA) is 52.0 Å². The van der Waals surface area contributed by atoms with Gasteiger partial charge in [0, 0.05) is 24.6 Å². The molecule has 130 valence electrons. The Morgan fingerprint density at radius 1 is 1.38 bits per heavy atom. The van der Waals surface area contributed by atoms with Crippen LogP contribution in [0.25, 0.3) is 0 Å². The van der Waals surface area contributed by atoms with E-state index in [2.05, 4.69) is 20.1 Å². The van der Waals surface area contributed by atoms with Crippen LogP contribution in [0.5, 0.6) is 5.75 Å². The molecule has 0 fully saturated rings. The van der Waals surface area contributed by atoms with Crippen molar-refractivity contribution >= 4 is 0 Å². The Morgan fingerprint density at radius 2 is 2.17 bits per heavy atom. The Labute approximate surface area is 135 Å². The van der Waals surface area contributed by atoms with Crippen LogP contribution < -0.4 is 10.1 Å². The zero-order valence-electron chi connectivity index (χ0n) is 12.9. The number of rotatable bonds is 4. The SMILES string of the molecule is Cc1nc2n(n1)CC(NCc1c(F)cccc1OC(F)(F)F)CC2. The number of benzene rings is 1. The molecule has 0 saturated carbocycles. The lowest BCUT2D eigenvalue weighted by Crippen LogP contribution is -2.37. The quantitative estimate of drug-likeness (QED) is 0.867. The van der Waals surface area contributed by atoms with Crippen molar-refractivity contribution in [3.8, 4) is 5.75 Å². The first-order chi connectivity index (χ1) is 11.3. The Morgan fingerprint density at radius 3 is 2.92 bits per heavy atom. The summed E-state index contributed by atoms with van der Waals surface area (Å²) < 4.78 is 56.9. The number of ether oxygens (including phenoxy) is 1. The van der Waals surface area contributed by atoms with Crippen molar-refractivity contribution in [2.24, 2.45) is 0 Å². The highest BCUT2D eigenvalue weighted by Gasteiger charge is 2.32. The number of hydrogen-bond acceptors (Lipinski definition) is 4. The maximum Gasteiger partial charge on any atom is 0.573 e. The number of hydrogen-bond donors (Lipinski definition) is 1. The summed E-state index contributed by atoms with van der Waals surface area (Å²) in [5, 5.41) is 7.34. The molecule has 2 heterocycles. The average molecular weight is 344 g/mol. The van der Waals surface area contributed by atoms with Gasteiger partial charge in [0.05, 0.1) is 6.54 Å². The summed E-state index contributed by atoms with van der Waals surface area (Å²) in [4.78, 5) is 4.29. The molecule has 0 amide bonds. The predicted octanol–water partition coefficient (Wildman–Crippen LogP) is 2.73. The molecule has 0 spiro atoms. The van der Waals surface area contributed by atoms with Crippen LogP contribution in [0.4, 0.5) is 17.6 Å². The van der Waals surface area contributed by atoms with Gasteiger partial charge < -0.3 is 10.1 Å². The number of nitrogens with one attached hydrogen (secondary N) is 1. The third-order valence-electron chi connectivity index (χ3n) is 3.83. The van der Waals surface area contributed by atoms with Gasteiger partial charge in [-0.15, -0.1) is 13.2 Å². The second-order valence-corrected chi connectivity index (χ2v) is 5.64. The van der Waals surface area contributed by atoms with Crippen molar-refractivity contribution in [1.82, 2.24) is 20.1 Å². The van der Waals surface area contributed by atoms with E-state index in [-0.39, 0.29) is 18.2 Å². The molecule has 1 aromatic heterocycles. The minimum Gasteiger partial charge on any atom is -0.405 e. The lowest BCUT2D eigenvalue weighted by atomic mass is 10.1. The fourth-order valence-electron chi connectivity index (χ4n) is 2.78. The molecule has 1 aliphatic heterocycles. The second kappa shape index (κ2) is 6.39. The average Bonchev–Trinajstić information content (AvgIpc) is 2.84. The largest absolute Gasteiger partial charge is 0.573 e. The minimum atomic E-state index is -4.86. The van der Waals surface area contributed by atoms with Crippen molar-refractivity contribution in [3.63, 3.8) is 0 Å². The minimum absolute atomic E-state index is 0.0306. The van der Waals surface area contributed by atoms with Gasteiger partial charge in [-0.1, -0.05) is 6.07 Å². The van der Waals surface area contributed by atoms with Gasteiger partial charge in [0.1, 0.15) is 23.2 Å². The number of fused-ring (bicyclic) bond motifs is 1. The number of aromatic nitrogens is 3. The Kier molecular flexibility index (Phi) is 4.44. The van der Waals surface area contributed by atoms with Crippen LogP contribution in [0, 0.1) is 12.7 Å². The highest BCUT2D eigenvalue weighted by molar-refractivity contribution is 5.34. The molecule has 3 rings (SSSR count). The molecular weight excluding hydrogens is 328 g/mol. The summed E-state index contributed by atoms with van der Waals surface area (Å²) in [7, 11) is 0. The Bertz CT molecular complexity index is 729. The molecule has 1 aromatic carbocycles. The molecule has 1 aliphatic rings. The van der Waals surface area contributed by atoms with Crippen LogP contribution >= 0.6 is 0 Å². The van der Waals surface area contributed by atoms with E-state index in [0.29, 0.717) is 18.8 Å². The van der Waals surface area contributed by atoms with Crippen LogP contribution in [0.3, 0.4) is 0 Å². The molecule has 0 saturated heterocycles. The second-order valence-electron chi connectivity index (χ2n) is 5.64. The Balaban J connectivity index is 1.69. The van der Waals surface area contributed by atoms with E-state index in [0.717, 1.165) is 24.4 Å².